The molecule has 0 aromatic carbocycles. The highest BCUT2D eigenvalue weighted by atomic mass is 79.9. The molecule has 8 heteroatoms. The van der Waals surface area contributed by atoms with Crippen LogP contribution in [0.1, 0.15) is 12.8 Å². The van der Waals surface area contributed by atoms with Crippen LogP contribution in [0.4, 0.5) is 0 Å². The van der Waals surface area contributed by atoms with E-state index in [1.807, 2.05) is 0 Å². The second-order valence-electron chi connectivity index (χ2n) is 3.77. The van der Waals surface area contributed by atoms with Crippen LogP contribution in [0, 0.1) is 0 Å². The molecule has 0 rings (SSSR count). The number of nitrogens with zero attached hydrogens (tertiary/aromatic N) is 1. The first kappa shape index (κ1) is 18.9. The van der Waals surface area contributed by atoms with Gasteiger partial charge in [0, 0.05) is 46.2 Å². The summed E-state index contributed by atoms with van der Waals surface area (Å²) >= 11 is 13.7. The van der Waals surface area contributed by atoms with Crippen LogP contribution in [0.25, 0.3) is 0 Å². The molecule has 0 radical (unpaired) electrons. The number of halogens is 4. The highest BCUT2D eigenvalue weighted by molar-refractivity contribution is 9.12. The molecule has 0 fully saturated rings. The zero-order valence-electron chi connectivity index (χ0n) is 9.75. The molecule has 0 aliphatic rings. The van der Waals surface area contributed by atoms with E-state index in [0.29, 0.717) is 13.1 Å². The lowest BCUT2D eigenvalue weighted by atomic mass is 10.2. The van der Waals surface area contributed by atoms with Gasteiger partial charge in [-0.2, -0.15) is 0 Å². The summed E-state index contributed by atoms with van der Waals surface area (Å²) < 4.78 is 0. The largest absolute Gasteiger partial charge is 0.370 e. The van der Waals surface area contributed by atoms with Crippen molar-refractivity contribution in [2.24, 2.45) is 5.73 Å². The molecular weight excluding hydrogens is 500 g/mol. The van der Waals surface area contributed by atoms with Crippen LogP contribution in [0.2, 0.25) is 0 Å². The predicted octanol–water partition coefficient (Wildman–Crippen LogP) is 2.40. The molecule has 0 saturated heterocycles. The third kappa shape index (κ3) is 8.87. The molecule has 0 aromatic rings. The number of carbonyl (C=O) groups is 2. The minimum absolute atomic E-state index is 0.0513. The van der Waals surface area contributed by atoms with E-state index >= 15 is 0 Å². The smallest absolute Gasteiger partial charge is 0.223 e. The van der Waals surface area contributed by atoms with Gasteiger partial charge in [0.15, 0.2) is 0 Å². The van der Waals surface area contributed by atoms with Crippen molar-refractivity contribution in [3.05, 3.63) is 0 Å². The van der Waals surface area contributed by atoms with Crippen LogP contribution in [-0.4, -0.2) is 50.1 Å². The summed E-state index contributed by atoms with van der Waals surface area (Å²) in [6, 6.07) is 0. The molecule has 2 amide bonds. The van der Waals surface area contributed by atoms with Crippen molar-refractivity contribution in [1.82, 2.24) is 4.90 Å². The Kier molecular flexibility index (Phi) is 11.1. The van der Waals surface area contributed by atoms with Gasteiger partial charge in [0.2, 0.25) is 11.8 Å². The summed E-state index contributed by atoms with van der Waals surface area (Å²) in [5.41, 5.74) is 5.05. The van der Waals surface area contributed by atoms with Crippen LogP contribution in [-0.2, 0) is 9.59 Å². The highest BCUT2D eigenvalue weighted by Crippen LogP contribution is 2.12. The summed E-state index contributed by atoms with van der Waals surface area (Å²) in [4.78, 5) is 24.8. The quantitative estimate of drug-likeness (QED) is 0.479. The third-order valence-electron chi connectivity index (χ3n) is 2.11. The molecule has 0 heterocycles. The average Bonchev–Trinajstić information content (AvgIpc) is 2.34. The van der Waals surface area contributed by atoms with E-state index in [-0.39, 0.29) is 28.4 Å². The SMILES string of the molecule is NC(=O)CCC(=O)N(CC(Br)CBr)CC(Br)CBr. The van der Waals surface area contributed by atoms with E-state index in [1.54, 1.807) is 4.90 Å². The van der Waals surface area contributed by atoms with Crippen LogP contribution >= 0.6 is 63.7 Å². The van der Waals surface area contributed by atoms with Crippen molar-refractivity contribution < 1.29 is 9.59 Å². The van der Waals surface area contributed by atoms with E-state index in [4.69, 9.17) is 5.73 Å². The number of amides is 2. The van der Waals surface area contributed by atoms with Gasteiger partial charge in [-0.3, -0.25) is 9.59 Å². The number of nitrogens with two attached hydrogens (primary N) is 1. The first-order chi connectivity index (χ1) is 8.40. The normalized spacial score (nSPS) is 14.0. The fourth-order valence-electron chi connectivity index (χ4n) is 1.24. The van der Waals surface area contributed by atoms with Gasteiger partial charge in [0.1, 0.15) is 0 Å². The fourth-order valence-corrected chi connectivity index (χ4v) is 2.35. The van der Waals surface area contributed by atoms with Crippen LogP contribution in [0.3, 0.4) is 0 Å². The summed E-state index contributed by atoms with van der Waals surface area (Å²) in [6.45, 7) is 1.19. The Balaban J connectivity index is 4.43. The summed E-state index contributed by atoms with van der Waals surface area (Å²) in [6.07, 6.45) is 0.261. The molecule has 0 aliphatic heterocycles. The first-order valence-electron chi connectivity index (χ1n) is 5.36. The van der Waals surface area contributed by atoms with Gasteiger partial charge in [-0.15, -0.1) is 0 Å². The van der Waals surface area contributed by atoms with Crippen molar-refractivity contribution in [3.63, 3.8) is 0 Å². The summed E-state index contributed by atoms with van der Waals surface area (Å²) in [7, 11) is 0. The maximum Gasteiger partial charge on any atom is 0.223 e. The average molecular weight is 516 g/mol. The fraction of sp³-hybridized carbons (Fsp3) is 0.800. The molecule has 18 heavy (non-hydrogen) atoms. The monoisotopic (exact) mass is 512 g/mol. The standard InChI is InChI=1S/C10H16Br4N2O2/c11-3-7(13)5-16(6-8(14)4-12)10(18)2-1-9(15)17/h7-8H,1-6H2,(H2,15,17). The van der Waals surface area contributed by atoms with Gasteiger partial charge in [-0.1, -0.05) is 63.7 Å². The lowest BCUT2D eigenvalue weighted by Crippen LogP contribution is -2.40. The zero-order chi connectivity index (χ0) is 14.1. The third-order valence-corrected chi connectivity index (χ3v) is 6.64. The second-order valence-corrected chi connectivity index (χ2v) is 7.65. The second kappa shape index (κ2) is 10.6. The number of hydrogen-bond acceptors (Lipinski definition) is 2. The molecule has 0 aromatic heterocycles. The molecule has 106 valence electrons. The molecule has 2 N–H and O–H groups in total. The number of hydrogen-bond donors (Lipinski definition) is 1. The van der Waals surface area contributed by atoms with Gasteiger partial charge in [0.25, 0.3) is 0 Å². The predicted molar refractivity (Wildman–Crippen MR) is 88.0 cm³/mol. The Morgan fingerprint density at radius 3 is 1.78 bits per heavy atom. The Labute approximate surface area is 141 Å². The van der Waals surface area contributed by atoms with Gasteiger partial charge in [-0.05, 0) is 0 Å². The van der Waals surface area contributed by atoms with Gasteiger partial charge in [0.05, 0.1) is 0 Å². The van der Waals surface area contributed by atoms with Crippen molar-refractivity contribution in [3.8, 4) is 0 Å². The molecule has 0 spiro atoms. The lowest BCUT2D eigenvalue weighted by Gasteiger charge is -2.26. The molecule has 4 nitrogen and oxygen atoms in total. The Hall–Kier alpha value is 0.860. The number of alkyl halides is 4. The number of carbonyl (C=O) groups excluding carboxylic acids is 2. The van der Waals surface area contributed by atoms with E-state index < -0.39 is 5.91 Å². The van der Waals surface area contributed by atoms with E-state index in [9.17, 15) is 9.59 Å². The minimum Gasteiger partial charge on any atom is -0.370 e. The maximum absolute atomic E-state index is 12.0. The van der Waals surface area contributed by atoms with Crippen LogP contribution < -0.4 is 5.73 Å². The van der Waals surface area contributed by atoms with Crippen molar-refractivity contribution in [2.45, 2.75) is 22.5 Å². The van der Waals surface area contributed by atoms with Gasteiger partial charge in [-0.25, -0.2) is 0 Å². The highest BCUT2D eigenvalue weighted by Gasteiger charge is 2.19. The topological polar surface area (TPSA) is 63.4 Å². The van der Waals surface area contributed by atoms with Gasteiger partial charge < -0.3 is 10.6 Å². The summed E-state index contributed by atoms with van der Waals surface area (Å²) in [5.74, 6) is -0.500. The molecular formula is C10H16Br4N2O2. The zero-order valence-corrected chi connectivity index (χ0v) is 16.1. The molecule has 0 bridgehead atoms. The molecule has 0 saturated carbocycles. The van der Waals surface area contributed by atoms with Gasteiger partial charge >= 0.3 is 0 Å². The van der Waals surface area contributed by atoms with E-state index in [2.05, 4.69) is 63.7 Å². The van der Waals surface area contributed by atoms with Crippen LogP contribution in [0.15, 0.2) is 0 Å². The van der Waals surface area contributed by atoms with Crippen molar-refractivity contribution in [1.29, 1.82) is 0 Å². The Morgan fingerprint density at radius 2 is 1.44 bits per heavy atom. The number of primary amides is 1. The molecule has 2 atom stereocenters. The minimum atomic E-state index is -0.449. The Morgan fingerprint density at radius 1 is 1.00 bits per heavy atom. The van der Waals surface area contributed by atoms with Crippen molar-refractivity contribution >= 4 is 75.5 Å². The van der Waals surface area contributed by atoms with E-state index in [1.165, 1.54) is 0 Å². The first-order valence-corrected chi connectivity index (χ1v) is 9.44. The molecule has 0 aliphatic carbocycles. The van der Waals surface area contributed by atoms with Crippen molar-refractivity contribution in [2.75, 3.05) is 23.7 Å². The Bertz CT molecular complexity index is 267. The lowest BCUT2D eigenvalue weighted by molar-refractivity contribution is -0.133. The molecule has 2 unspecified atom stereocenters. The maximum atomic E-state index is 12.0. The number of rotatable bonds is 9. The summed E-state index contributed by atoms with van der Waals surface area (Å²) in [5, 5.41) is 1.52. The van der Waals surface area contributed by atoms with Crippen LogP contribution in [0.5, 0.6) is 0 Å². The van der Waals surface area contributed by atoms with E-state index in [0.717, 1.165) is 10.7 Å².